The Morgan fingerprint density at radius 3 is 2.90 bits per heavy atom. The molecule has 0 fully saturated rings. The topological polar surface area (TPSA) is 49.3 Å². The Balaban J connectivity index is 1.66. The van der Waals surface area contributed by atoms with Gasteiger partial charge >= 0.3 is 0 Å². The van der Waals surface area contributed by atoms with E-state index in [9.17, 15) is 9.90 Å². The average Bonchev–Trinajstić information content (AvgIpc) is 2.89. The van der Waals surface area contributed by atoms with Gasteiger partial charge in [-0.1, -0.05) is 12.1 Å². The van der Waals surface area contributed by atoms with Gasteiger partial charge in [-0.2, -0.15) is 0 Å². The Kier molecular flexibility index (Phi) is 3.74. The van der Waals surface area contributed by atoms with Crippen molar-refractivity contribution in [3.8, 4) is 5.75 Å². The minimum atomic E-state index is -0.0206. The van der Waals surface area contributed by atoms with Crippen molar-refractivity contribution in [3.05, 3.63) is 51.2 Å². The van der Waals surface area contributed by atoms with E-state index in [2.05, 4.69) is 5.32 Å². The summed E-state index contributed by atoms with van der Waals surface area (Å²) in [7, 11) is 0. The van der Waals surface area contributed by atoms with Crippen molar-refractivity contribution >= 4 is 17.2 Å². The summed E-state index contributed by atoms with van der Waals surface area (Å²) in [5.74, 6) is 0.205. The largest absolute Gasteiger partial charge is 0.508 e. The molecule has 4 heteroatoms. The smallest absolute Gasteiger partial charge is 0.261 e. The van der Waals surface area contributed by atoms with E-state index in [0.717, 1.165) is 23.3 Å². The number of aryl methyl sites for hydroxylation is 2. The number of amides is 1. The van der Waals surface area contributed by atoms with Crippen LogP contribution in [0.1, 0.15) is 38.5 Å². The van der Waals surface area contributed by atoms with Crippen molar-refractivity contribution < 1.29 is 9.90 Å². The lowest BCUT2D eigenvalue weighted by molar-refractivity contribution is 0.0955. The van der Waals surface area contributed by atoms with Crippen molar-refractivity contribution in [2.45, 2.75) is 32.2 Å². The van der Waals surface area contributed by atoms with E-state index in [-0.39, 0.29) is 11.7 Å². The zero-order chi connectivity index (χ0) is 13.9. The molecular weight excluding hydrogens is 270 g/mol. The molecule has 1 aliphatic carbocycles. The van der Waals surface area contributed by atoms with Crippen molar-refractivity contribution in [2.75, 3.05) is 0 Å². The standard InChI is InChI=1S/C16H17NO2S/c18-13-6-3-4-11(8-13)10-17-16(19)15-9-12-5-1-2-7-14(12)20-15/h3-4,6,8-9,18H,1-2,5,7,10H2,(H,17,19). The summed E-state index contributed by atoms with van der Waals surface area (Å²) in [5, 5.41) is 12.3. The van der Waals surface area contributed by atoms with E-state index in [0.29, 0.717) is 6.54 Å². The third-order valence-electron chi connectivity index (χ3n) is 3.58. The summed E-state index contributed by atoms with van der Waals surface area (Å²) < 4.78 is 0. The highest BCUT2D eigenvalue weighted by atomic mass is 32.1. The molecule has 0 spiro atoms. The highest BCUT2D eigenvalue weighted by Gasteiger charge is 2.16. The van der Waals surface area contributed by atoms with Crippen LogP contribution in [0.25, 0.3) is 0 Å². The van der Waals surface area contributed by atoms with E-state index < -0.39 is 0 Å². The summed E-state index contributed by atoms with van der Waals surface area (Å²) in [6.07, 6.45) is 4.68. The van der Waals surface area contributed by atoms with Gasteiger partial charge in [-0.3, -0.25) is 4.79 Å². The summed E-state index contributed by atoms with van der Waals surface area (Å²) in [6, 6.07) is 9.00. The summed E-state index contributed by atoms with van der Waals surface area (Å²) in [5.41, 5.74) is 2.25. The lowest BCUT2D eigenvalue weighted by atomic mass is 9.99. The van der Waals surface area contributed by atoms with Crippen LogP contribution in [0.2, 0.25) is 0 Å². The maximum Gasteiger partial charge on any atom is 0.261 e. The summed E-state index contributed by atoms with van der Waals surface area (Å²) in [6.45, 7) is 0.440. The zero-order valence-electron chi connectivity index (χ0n) is 11.2. The molecule has 0 unspecified atom stereocenters. The highest BCUT2D eigenvalue weighted by Crippen LogP contribution is 2.29. The van der Waals surface area contributed by atoms with Crippen LogP contribution in [0.15, 0.2) is 30.3 Å². The molecule has 20 heavy (non-hydrogen) atoms. The van der Waals surface area contributed by atoms with Crippen LogP contribution in [0.4, 0.5) is 0 Å². The van der Waals surface area contributed by atoms with Crippen LogP contribution >= 0.6 is 11.3 Å². The Morgan fingerprint density at radius 2 is 2.10 bits per heavy atom. The summed E-state index contributed by atoms with van der Waals surface area (Å²) >= 11 is 1.62. The van der Waals surface area contributed by atoms with E-state index in [1.807, 2.05) is 12.1 Å². The number of phenolic OH excluding ortho intramolecular Hbond substituents is 1. The van der Waals surface area contributed by atoms with Gasteiger partial charge in [0.05, 0.1) is 4.88 Å². The number of phenols is 1. The van der Waals surface area contributed by atoms with Crippen LogP contribution in [0.3, 0.4) is 0 Å². The molecule has 0 saturated carbocycles. The molecule has 0 atom stereocenters. The van der Waals surface area contributed by atoms with Crippen molar-refractivity contribution in [3.63, 3.8) is 0 Å². The number of fused-ring (bicyclic) bond motifs is 1. The fourth-order valence-electron chi connectivity index (χ4n) is 2.54. The predicted molar refractivity (Wildman–Crippen MR) is 80.2 cm³/mol. The SMILES string of the molecule is O=C(NCc1cccc(O)c1)c1cc2c(s1)CCCC2. The van der Waals surface area contributed by atoms with Crippen LogP contribution in [-0.4, -0.2) is 11.0 Å². The predicted octanol–water partition coefficient (Wildman–Crippen LogP) is 3.26. The molecule has 0 aliphatic heterocycles. The number of aromatic hydroxyl groups is 1. The Morgan fingerprint density at radius 1 is 1.25 bits per heavy atom. The molecule has 2 aromatic rings. The second-order valence-corrected chi connectivity index (χ2v) is 6.26. The fourth-order valence-corrected chi connectivity index (χ4v) is 3.71. The third-order valence-corrected chi connectivity index (χ3v) is 4.82. The molecule has 3 rings (SSSR count). The van der Waals surface area contributed by atoms with E-state index in [4.69, 9.17) is 0 Å². The maximum absolute atomic E-state index is 12.2. The first-order valence-corrected chi connectivity index (χ1v) is 7.72. The van der Waals surface area contributed by atoms with Gasteiger partial charge in [0, 0.05) is 11.4 Å². The van der Waals surface area contributed by atoms with E-state index >= 15 is 0 Å². The first-order valence-electron chi connectivity index (χ1n) is 6.90. The molecule has 0 bridgehead atoms. The van der Waals surface area contributed by atoms with E-state index in [1.165, 1.54) is 23.3 Å². The van der Waals surface area contributed by atoms with Gasteiger partial charge in [-0.05, 0) is 55.0 Å². The van der Waals surface area contributed by atoms with Gasteiger partial charge in [-0.15, -0.1) is 11.3 Å². The first kappa shape index (κ1) is 13.2. The number of carbonyl (C=O) groups is 1. The van der Waals surface area contributed by atoms with Crippen LogP contribution < -0.4 is 5.32 Å². The van der Waals surface area contributed by atoms with Crippen LogP contribution in [0, 0.1) is 0 Å². The third kappa shape index (κ3) is 2.85. The van der Waals surface area contributed by atoms with Gasteiger partial charge < -0.3 is 10.4 Å². The van der Waals surface area contributed by atoms with Crippen molar-refractivity contribution in [1.29, 1.82) is 0 Å². The van der Waals surface area contributed by atoms with Gasteiger partial charge in [0.25, 0.3) is 5.91 Å². The molecule has 0 radical (unpaired) electrons. The molecule has 1 aliphatic rings. The number of thiophene rings is 1. The quantitative estimate of drug-likeness (QED) is 0.910. The van der Waals surface area contributed by atoms with E-state index in [1.54, 1.807) is 29.5 Å². The second kappa shape index (κ2) is 5.67. The van der Waals surface area contributed by atoms with Gasteiger partial charge in [0.1, 0.15) is 5.75 Å². The monoisotopic (exact) mass is 287 g/mol. The fraction of sp³-hybridized carbons (Fsp3) is 0.312. The normalized spacial score (nSPS) is 13.8. The second-order valence-electron chi connectivity index (χ2n) is 5.12. The van der Waals surface area contributed by atoms with Crippen LogP contribution in [-0.2, 0) is 19.4 Å². The van der Waals surface area contributed by atoms with Crippen molar-refractivity contribution in [1.82, 2.24) is 5.32 Å². The molecule has 0 saturated heterocycles. The lowest BCUT2D eigenvalue weighted by Crippen LogP contribution is -2.21. The number of carbonyl (C=O) groups excluding carboxylic acids is 1. The summed E-state index contributed by atoms with van der Waals surface area (Å²) in [4.78, 5) is 14.3. The zero-order valence-corrected chi connectivity index (χ0v) is 12.0. The minimum absolute atomic E-state index is 0.0206. The maximum atomic E-state index is 12.2. The Bertz CT molecular complexity index is 610. The molecule has 1 aromatic carbocycles. The number of rotatable bonds is 3. The van der Waals surface area contributed by atoms with Gasteiger partial charge in [-0.25, -0.2) is 0 Å². The lowest BCUT2D eigenvalue weighted by Gasteiger charge is -2.08. The first-order chi connectivity index (χ1) is 9.72. The molecule has 1 heterocycles. The van der Waals surface area contributed by atoms with Gasteiger partial charge in [0.15, 0.2) is 0 Å². The molecule has 1 amide bonds. The number of hydrogen-bond donors (Lipinski definition) is 2. The van der Waals surface area contributed by atoms with Crippen LogP contribution in [0.5, 0.6) is 5.75 Å². The molecule has 1 aromatic heterocycles. The molecule has 104 valence electrons. The Hall–Kier alpha value is -1.81. The van der Waals surface area contributed by atoms with Gasteiger partial charge in [0.2, 0.25) is 0 Å². The minimum Gasteiger partial charge on any atom is -0.508 e. The Labute approximate surface area is 122 Å². The number of nitrogens with one attached hydrogen (secondary N) is 1. The molecular formula is C16H17NO2S. The van der Waals surface area contributed by atoms with Crippen molar-refractivity contribution in [2.24, 2.45) is 0 Å². The highest BCUT2D eigenvalue weighted by molar-refractivity contribution is 7.14. The molecule has 2 N–H and O–H groups in total. The number of hydrogen-bond acceptors (Lipinski definition) is 3. The molecule has 3 nitrogen and oxygen atoms in total. The average molecular weight is 287 g/mol. The number of benzene rings is 1.